The van der Waals surface area contributed by atoms with Gasteiger partial charge in [0.2, 0.25) is 0 Å². The molecule has 36 valence electrons. The van der Waals surface area contributed by atoms with Crippen molar-refractivity contribution in [3.8, 4) is 0 Å². The van der Waals surface area contributed by atoms with Gasteiger partial charge in [-0.15, -0.1) is 0 Å². The first-order chi connectivity index (χ1) is 3.33. The third-order valence-electron chi connectivity index (χ3n) is 0.993. The molecule has 1 fully saturated rings. The zero-order valence-electron chi connectivity index (χ0n) is 4.52. The van der Waals surface area contributed by atoms with E-state index in [1.807, 2.05) is 0 Å². The first-order valence-electron chi connectivity index (χ1n) is 2.57. The monoisotopic (exact) mass is 90.1 g/mol. The van der Waals surface area contributed by atoms with Gasteiger partial charge < -0.3 is 5.31 Å². The minimum atomic E-state index is -0.255. The fourth-order valence-electron chi connectivity index (χ4n) is 0.409. The van der Waals surface area contributed by atoms with Crippen LogP contribution in [0.1, 0.15) is 0 Å². The number of nitrogens with one attached hydrogen (secondary N) is 1. The molecule has 0 unspecified atom stereocenters. The highest BCUT2D eigenvalue weighted by Crippen LogP contribution is 2.00. The van der Waals surface area contributed by atoms with Crippen LogP contribution in [-0.2, 0) is 0 Å². The summed E-state index contributed by atoms with van der Waals surface area (Å²) >= 11 is 0. The van der Waals surface area contributed by atoms with Crippen molar-refractivity contribution in [2.24, 2.45) is 5.92 Å². The molecule has 0 spiro atoms. The lowest BCUT2D eigenvalue weighted by Gasteiger charge is -2.23. The molecule has 1 aliphatic rings. The first kappa shape index (κ1) is 2.97. The maximum Gasteiger partial charge on any atom is 0.122 e. The molecule has 0 aromatic heterocycles. The van der Waals surface area contributed by atoms with Crippen molar-refractivity contribution in [1.82, 2.24) is 5.31 Å². The highest BCUT2D eigenvalue weighted by Gasteiger charge is 2.14. The van der Waals surface area contributed by atoms with Crippen molar-refractivity contribution >= 4 is 0 Å². The predicted molar refractivity (Wildman–Crippen MR) is 22.3 cm³/mol. The molecule has 1 heterocycles. The van der Waals surface area contributed by atoms with Gasteiger partial charge in [0, 0.05) is 19.0 Å². The molecule has 2 heteroatoms. The van der Waals surface area contributed by atoms with Gasteiger partial charge in [0.25, 0.3) is 0 Å². The summed E-state index contributed by atoms with van der Waals surface area (Å²) in [5.74, 6) is 0.164. The molecule has 0 saturated carbocycles. The molecule has 0 amide bonds. The summed E-state index contributed by atoms with van der Waals surface area (Å²) in [4.78, 5) is 0. The molecule has 0 aromatic carbocycles. The molecule has 1 N–H and O–H groups in total. The van der Waals surface area contributed by atoms with Crippen LogP contribution in [0.2, 0.25) is 1.41 Å². The maximum atomic E-state index is 11.5. The van der Waals surface area contributed by atoms with Gasteiger partial charge in [-0.05, 0) is 0 Å². The lowest BCUT2D eigenvalue weighted by molar-refractivity contribution is 0.269. The van der Waals surface area contributed by atoms with E-state index in [-0.39, 0.29) is 12.6 Å². The Morgan fingerprint density at radius 2 is 2.67 bits per heavy atom. The fourth-order valence-corrected chi connectivity index (χ4v) is 0.409. The average molecular weight is 90.1 g/mol. The van der Waals surface area contributed by atoms with Gasteiger partial charge in [-0.25, -0.2) is 0 Å². The molecule has 1 aliphatic heterocycles. The minimum absolute atomic E-state index is 0.164. The molecule has 1 rings (SSSR count). The number of halogens is 1. The maximum absolute atomic E-state index is 11.5. The van der Waals surface area contributed by atoms with E-state index in [9.17, 15) is 4.39 Å². The Hall–Kier alpha value is -0.110. The molecular formula is C4H8FN. The highest BCUT2D eigenvalue weighted by molar-refractivity contribution is 4.72. The van der Waals surface area contributed by atoms with Crippen LogP contribution >= 0.6 is 0 Å². The van der Waals surface area contributed by atoms with Gasteiger partial charge in [0.1, 0.15) is 1.41 Å². The van der Waals surface area contributed by atoms with Crippen molar-refractivity contribution < 1.29 is 5.80 Å². The van der Waals surface area contributed by atoms with E-state index in [0.29, 0.717) is 13.1 Å². The summed E-state index contributed by atoms with van der Waals surface area (Å²) in [6.45, 7) is 0.988. The van der Waals surface area contributed by atoms with Crippen LogP contribution < -0.4 is 5.31 Å². The van der Waals surface area contributed by atoms with Gasteiger partial charge >= 0.3 is 0 Å². The van der Waals surface area contributed by atoms with E-state index in [4.69, 9.17) is 1.41 Å². The fraction of sp³-hybridized carbons (Fsp3) is 1.00. The lowest BCUT2D eigenvalue weighted by atomic mass is 10.1. The van der Waals surface area contributed by atoms with Gasteiger partial charge in [0.05, 0.1) is 6.67 Å². The van der Waals surface area contributed by atoms with E-state index in [1.165, 1.54) is 5.31 Å². The number of alkyl halides is 1. The second-order valence-corrected chi connectivity index (χ2v) is 1.61. The van der Waals surface area contributed by atoms with Crippen LogP contribution in [0.4, 0.5) is 4.39 Å². The third-order valence-corrected chi connectivity index (χ3v) is 0.993. The Morgan fingerprint density at radius 1 is 2.00 bits per heavy atom. The lowest BCUT2D eigenvalue weighted by Crippen LogP contribution is -2.42. The van der Waals surface area contributed by atoms with Crippen molar-refractivity contribution in [3.63, 3.8) is 0 Å². The summed E-state index contributed by atoms with van der Waals surface area (Å²) < 4.78 is 18.3. The van der Waals surface area contributed by atoms with Crippen molar-refractivity contribution in [1.29, 1.82) is 0 Å². The largest absolute Gasteiger partial charge is 0.316 e. The third kappa shape index (κ3) is 0.522. The second-order valence-electron chi connectivity index (χ2n) is 1.61. The molecule has 0 bridgehead atoms. The number of hydrogen-bond donors (Lipinski definition) is 1. The summed E-state index contributed by atoms with van der Waals surface area (Å²) in [5, 5.41) is 1.37. The van der Waals surface area contributed by atoms with Gasteiger partial charge in [-0.2, -0.15) is 0 Å². The molecule has 0 aromatic rings. The zero-order valence-corrected chi connectivity index (χ0v) is 3.52. The normalized spacial score (nSPS) is 29.2. The highest BCUT2D eigenvalue weighted by atomic mass is 19.1. The van der Waals surface area contributed by atoms with E-state index >= 15 is 0 Å². The first-order valence-corrected chi connectivity index (χ1v) is 2.12. The smallest absolute Gasteiger partial charge is 0.122 e. The molecule has 1 saturated heterocycles. The second kappa shape index (κ2) is 1.56. The van der Waals surface area contributed by atoms with Crippen LogP contribution in [0.3, 0.4) is 0 Å². The predicted octanol–water partition coefficient (Wildman–Crippen LogP) is 0.175. The Kier molecular flexibility index (Phi) is 0.771. The average Bonchev–Trinajstić information content (AvgIpc) is 1.58. The van der Waals surface area contributed by atoms with Crippen molar-refractivity contribution in [2.45, 2.75) is 0 Å². The van der Waals surface area contributed by atoms with Crippen LogP contribution in [0.25, 0.3) is 0 Å². The SMILES string of the molecule is [2H]N1CC(CF)C1. The molecule has 0 atom stereocenters. The van der Waals surface area contributed by atoms with Gasteiger partial charge in [0.15, 0.2) is 0 Å². The van der Waals surface area contributed by atoms with Crippen molar-refractivity contribution in [3.05, 3.63) is 0 Å². The van der Waals surface area contributed by atoms with Crippen LogP contribution in [-0.4, -0.2) is 19.8 Å². The Bertz CT molecular complexity index is 62.7. The summed E-state index contributed by atoms with van der Waals surface area (Å²) in [6.07, 6.45) is 0. The summed E-state index contributed by atoms with van der Waals surface area (Å²) in [7, 11) is 0. The van der Waals surface area contributed by atoms with Crippen LogP contribution in [0.15, 0.2) is 0 Å². The van der Waals surface area contributed by atoms with Crippen LogP contribution in [0, 0.1) is 5.92 Å². The standard InChI is InChI=1S/C4H8FN/c5-1-4-2-6-3-4/h4,6H,1-3H2/i/hD. The van der Waals surface area contributed by atoms with E-state index in [0.717, 1.165) is 0 Å². The Balaban J connectivity index is 2.06. The molecular weight excluding hydrogens is 81.0 g/mol. The number of hydrogen-bond acceptors (Lipinski definition) is 1. The van der Waals surface area contributed by atoms with Crippen LogP contribution in [0.5, 0.6) is 0 Å². The summed E-state index contributed by atoms with van der Waals surface area (Å²) in [6, 6.07) is 0. The summed E-state index contributed by atoms with van der Waals surface area (Å²) in [5.41, 5.74) is 0. The van der Waals surface area contributed by atoms with Gasteiger partial charge in [-0.3, -0.25) is 4.39 Å². The molecule has 0 aliphatic carbocycles. The Labute approximate surface area is 38.0 Å². The Morgan fingerprint density at radius 3 is 2.83 bits per heavy atom. The van der Waals surface area contributed by atoms with E-state index in [2.05, 4.69) is 0 Å². The van der Waals surface area contributed by atoms with E-state index in [1.54, 1.807) is 0 Å². The van der Waals surface area contributed by atoms with E-state index < -0.39 is 0 Å². The van der Waals surface area contributed by atoms with Crippen molar-refractivity contribution in [2.75, 3.05) is 19.8 Å². The molecule has 1 nitrogen and oxygen atoms in total. The van der Waals surface area contributed by atoms with Gasteiger partial charge in [-0.1, -0.05) is 0 Å². The minimum Gasteiger partial charge on any atom is -0.316 e. The number of rotatable bonds is 1. The molecule has 0 radical (unpaired) electrons. The topological polar surface area (TPSA) is 12.0 Å². The zero-order chi connectivity index (χ0) is 5.28. The quantitative estimate of drug-likeness (QED) is 0.484. The molecule has 6 heavy (non-hydrogen) atoms.